The maximum atomic E-state index is 14.7. The minimum Gasteiger partial charge on any atom is -0.491 e. The Morgan fingerprint density at radius 3 is 2.57 bits per heavy atom. The SMILES string of the molecule is COc1c(F)c(F)cc(C(=O)N2CCCC(c3scc(NC(=O)c4cccc(F)c4)c3C(=O)O)C2)c1F. The van der Waals surface area contributed by atoms with Gasteiger partial charge in [0, 0.05) is 34.8 Å². The van der Waals surface area contributed by atoms with E-state index in [4.69, 9.17) is 0 Å². The molecule has 1 aliphatic heterocycles. The molecule has 0 radical (unpaired) electrons. The summed E-state index contributed by atoms with van der Waals surface area (Å²) in [5, 5.41) is 13.8. The molecule has 37 heavy (non-hydrogen) atoms. The highest BCUT2D eigenvalue weighted by Gasteiger charge is 2.33. The highest BCUT2D eigenvalue weighted by molar-refractivity contribution is 7.11. The number of thiophene rings is 1. The van der Waals surface area contributed by atoms with Crippen LogP contribution in [0.3, 0.4) is 0 Å². The normalized spacial score (nSPS) is 15.4. The number of benzene rings is 2. The molecule has 2 aromatic carbocycles. The number of methoxy groups -OCH3 is 1. The summed E-state index contributed by atoms with van der Waals surface area (Å²) >= 11 is 1.06. The van der Waals surface area contributed by atoms with E-state index in [1.165, 1.54) is 28.5 Å². The molecule has 7 nitrogen and oxygen atoms in total. The van der Waals surface area contributed by atoms with E-state index in [2.05, 4.69) is 10.1 Å². The number of hydrogen-bond donors (Lipinski definition) is 2. The molecule has 1 saturated heterocycles. The molecule has 4 rings (SSSR count). The molecule has 12 heteroatoms. The van der Waals surface area contributed by atoms with Crippen LogP contribution >= 0.6 is 11.3 Å². The van der Waals surface area contributed by atoms with Gasteiger partial charge in [-0.1, -0.05) is 6.07 Å². The summed E-state index contributed by atoms with van der Waals surface area (Å²) in [5.41, 5.74) is -0.858. The summed E-state index contributed by atoms with van der Waals surface area (Å²) in [6, 6.07) is 5.37. The Morgan fingerprint density at radius 2 is 1.89 bits per heavy atom. The number of carbonyl (C=O) groups is 3. The first-order valence-corrected chi connectivity index (χ1v) is 11.9. The molecule has 0 spiro atoms. The van der Waals surface area contributed by atoms with E-state index in [1.54, 1.807) is 0 Å². The highest BCUT2D eigenvalue weighted by Crippen LogP contribution is 2.38. The van der Waals surface area contributed by atoms with Crippen molar-refractivity contribution in [1.29, 1.82) is 0 Å². The number of rotatable bonds is 6. The maximum absolute atomic E-state index is 14.7. The molecule has 2 N–H and O–H groups in total. The molecule has 1 aromatic heterocycles. The summed E-state index contributed by atoms with van der Waals surface area (Å²) < 4.78 is 60.5. The van der Waals surface area contributed by atoms with Gasteiger partial charge >= 0.3 is 5.97 Å². The van der Waals surface area contributed by atoms with Gasteiger partial charge < -0.3 is 20.1 Å². The lowest BCUT2D eigenvalue weighted by molar-refractivity contribution is 0.0693. The van der Waals surface area contributed by atoms with Crippen molar-refractivity contribution in [2.45, 2.75) is 18.8 Å². The van der Waals surface area contributed by atoms with E-state index >= 15 is 0 Å². The summed E-state index contributed by atoms with van der Waals surface area (Å²) in [6.45, 7) is 0.171. The third-order valence-electron chi connectivity index (χ3n) is 6.00. The Kier molecular flexibility index (Phi) is 7.48. The van der Waals surface area contributed by atoms with E-state index in [0.29, 0.717) is 23.8 Å². The number of nitrogens with one attached hydrogen (secondary N) is 1. The molecule has 1 fully saturated rings. The number of anilines is 1. The molecule has 3 aromatic rings. The van der Waals surface area contributed by atoms with Crippen LogP contribution in [0.5, 0.6) is 5.75 Å². The molecular formula is C25H20F4N2O5S. The van der Waals surface area contributed by atoms with Crippen LogP contribution in [0.1, 0.15) is 54.7 Å². The minimum atomic E-state index is -1.55. The Hall–Kier alpha value is -3.93. The van der Waals surface area contributed by atoms with Crippen molar-refractivity contribution in [2.24, 2.45) is 0 Å². The fourth-order valence-electron chi connectivity index (χ4n) is 4.27. The van der Waals surface area contributed by atoms with Crippen molar-refractivity contribution in [3.05, 3.63) is 80.5 Å². The second-order valence-electron chi connectivity index (χ2n) is 8.32. The summed E-state index contributed by atoms with van der Waals surface area (Å²) in [6.07, 6.45) is 0.923. The van der Waals surface area contributed by atoms with Gasteiger partial charge in [0.2, 0.25) is 5.82 Å². The van der Waals surface area contributed by atoms with Gasteiger partial charge in [-0.05, 0) is 37.1 Å². The van der Waals surface area contributed by atoms with Gasteiger partial charge in [0.1, 0.15) is 5.82 Å². The molecule has 194 valence electrons. The third kappa shape index (κ3) is 5.15. The number of nitrogens with zero attached hydrogens (tertiary/aromatic N) is 1. The molecule has 0 aliphatic carbocycles. The van der Waals surface area contributed by atoms with Gasteiger partial charge in [-0.25, -0.2) is 18.0 Å². The third-order valence-corrected chi connectivity index (χ3v) is 7.14. The number of halogens is 4. The van der Waals surface area contributed by atoms with Crippen LogP contribution in [0.2, 0.25) is 0 Å². The summed E-state index contributed by atoms with van der Waals surface area (Å²) in [4.78, 5) is 39.3. The van der Waals surface area contributed by atoms with E-state index in [9.17, 15) is 37.1 Å². The van der Waals surface area contributed by atoms with Crippen molar-refractivity contribution >= 4 is 34.8 Å². The van der Waals surface area contributed by atoms with Gasteiger partial charge in [-0.15, -0.1) is 11.3 Å². The first kappa shape index (κ1) is 26.1. The molecule has 1 unspecified atom stereocenters. The van der Waals surface area contributed by atoms with E-state index in [-0.39, 0.29) is 29.9 Å². The monoisotopic (exact) mass is 536 g/mol. The predicted molar refractivity (Wildman–Crippen MR) is 126 cm³/mol. The number of aromatic carboxylic acids is 1. The number of likely N-dealkylation sites (tertiary alicyclic amines) is 1. The Labute approximate surface area is 212 Å². The van der Waals surface area contributed by atoms with Crippen LogP contribution in [0.15, 0.2) is 35.7 Å². The molecule has 0 bridgehead atoms. The minimum absolute atomic E-state index is 0.00233. The lowest BCUT2D eigenvalue weighted by Crippen LogP contribution is -2.39. The number of amides is 2. The van der Waals surface area contributed by atoms with Crippen molar-refractivity contribution < 1.29 is 41.8 Å². The van der Waals surface area contributed by atoms with Crippen molar-refractivity contribution in [2.75, 3.05) is 25.5 Å². The Bertz CT molecular complexity index is 1390. The summed E-state index contributed by atoms with van der Waals surface area (Å²) in [5.74, 6) is -9.36. The zero-order valence-corrected chi connectivity index (χ0v) is 20.1. The first-order chi connectivity index (χ1) is 17.6. The number of hydrogen-bond acceptors (Lipinski definition) is 5. The van der Waals surface area contributed by atoms with E-state index < -0.39 is 58.3 Å². The lowest BCUT2D eigenvalue weighted by Gasteiger charge is -2.33. The number of carboxylic acids is 1. The highest BCUT2D eigenvalue weighted by atomic mass is 32.1. The second-order valence-corrected chi connectivity index (χ2v) is 9.23. The standard InChI is InChI=1S/C25H20F4N2O5S/c1-36-21-19(28)15(9-16(27)20(21)29)24(33)31-7-3-5-13(10-31)22-18(25(34)35)17(11-37-22)30-23(32)12-4-2-6-14(26)8-12/h2,4,6,8-9,11,13H,3,5,7,10H2,1H3,(H,30,32)(H,34,35). The number of ether oxygens (including phenoxy) is 1. The fourth-order valence-corrected chi connectivity index (χ4v) is 5.39. The van der Waals surface area contributed by atoms with Crippen LogP contribution < -0.4 is 10.1 Å². The molecule has 1 atom stereocenters. The van der Waals surface area contributed by atoms with Crippen molar-refractivity contribution in [3.63, 3.8) is 0 Å². The zero-order chi connectivity index (χ0) is 26.9. The number of carbonyl (C=O) groups excluding carboxylic acids is 2. The lowest BCUT2D eigenvalue weighted by atomic mass is 9.93. The topological polar surface area (TPSA) is 95.9 Å². The van der Waals surface area contributed by atoms with Crippen LogP contribution in [-0.4, -0.2) is 48.0 Å². The second kappa shape index (κ2) is 10.6. The maximum Gasteiger partial charge on any atom is 0.338 e. The van der Waals surface area contributed by atoms with Gasteiger partial charge in [-0.3, -0.25) is 9.59 Å². The number of carboxylic acid groups (broad SMARTS) is 1. The van der Waals surface area contributed by atoms with Crippen molar-refractivity contribution in [1.82, 2.24) is 4.90 Å². The smallest absolute Gasteiger partial charge is 0.338 e. The Morgan fingerprint density at radius 1 is 1.14 bits per heavy atom. The van der Waals surface area contributed by atoms with Gasteiger partial charge in [-0.2, -0.15) is 4.39 Å². The average Bonchev–Trinajstić information content (AvgIpc) is 3.30. The zero-order valence-electron chi connectivity index (χ0n) is 19.3. The molecule has 1 aliphatic rings. The predicted octanol–water partition coefficient (Wildman–Crippen LogP) is 5.28. The van der Waals surface area contributed by atoms with Crippen LogP contribution in [0.25, 0.3) is 0 Å². The molecule has 2 heterocycles. The Balaban J connectivity index is 1.59. The first-order valence-electron chi connectivity index (χ1n) is 11.0. The molecule has 0 saturated carbocycles. The van der Waals surface area contributed by atoms with E-state index in [0.717, 1.165) is 24.5 Å². The van der Waals surface area contributed by atoms with Crippen LogP contribution in [0, 0.1) is 23.3 Å². The van der Waals surface area contributed by atoms with Crippen molar-refractivity contribution in [3.8, 4) is 5.75 Å². The average molecular weight is 537 g/mol. The quantitative estimate of drug-likeness (QED) is 0.330. The van der Waals surface area contributed by atoms with Gasteiger partial charge in [0.15, 0.2) is 17.4 Å². The molecular weight excluding hydrogens is 516 g/mol. The number of piperidine rings is 1. The van der Waals surface area contributed by atoms with E-state index in [1.807, 2.05) is 0 Å². The van der Waals surface area contributed by atoms with Gasteiger partial charge in [0.25, 0.3) is 11.8 Å². The summed E-state index contributed by atoms with van der Waals surface area (Å²) in [7, 11) is 0.945. The fraction of sp³-hybridized carbons (Fsp3) is 0.240. The molecule has 2 amide bonds. The largest absolute Gasteiger partial charge is 0.491 e. The van der Waals surface area contributed by atoms with Gasteiger partial charge in [0.05, 0.1) is 23.9 Å². The van der Waals surface area contributed by atoms with Crippen LogP contribution in [0.4, 0.5) is 23.2 Å². The van der Waals surface area contributed by atoms with Crippen LogP contribution in [-0.2, 0) is 0 Å².